The molecule has 1 aliphatic heterocycles. The number of nitrogens with zero attached hydrogens (tertiary/aromatic N) is 1. The minimum Gasteiger partial charge on any atom is -0.504 e. The van der Waals surface area contributed by atoms with E-state index < -0.39 is 0 Å². The second-order valence-corrected chi connectivity index (χ2v) is 4.64. The molecule has 0 aliphatic carbocycles. The SMILES string of the molecule is C=CCNC(=S)N1CCc2cc(O)c(O)cc2C1. The van der Waals surface area contributed by atoms with Gasteiger partial charge in [-0.05, 0) is 41.9 Å². The maximum absolute atomic E-state index is 9.51. The van der Waals surface area contributed by atoms with Gasteiger partial charge in [-0.2, -0.15) is 0 Å². The van der Waals surface area contributed by atoms with Gasteiger partial charge in [-0.25, -0.2) is 0 Å². The van der Waals surface area contributed by atoms with Crippen LogP contribution in [0.5, 0.6) is 11.5 Å². The molecule has 1 heterocycles. The summed E-state index contributed by atoms with van der Waals surface area (Å²) in [4.78, 5) is 2.04. The van der Waals surface area contributed by atoms with Crippen molar-refractivity contribution in [1.82, 2.24) is 10.2 Å². The van der Waals surface area contributed by atoms with Crippen molar-refractivity contribution in [3.63, 3.8) is 0 Å². The quantitative estimate of drug-likeness (QED) is 0.429. The van der Waals surface area contributed by atoms with E-state index in [0.29, 0.717) is 18.2 Å². The van der Waals surface area contributed by atoms with Gasteiger partial charge in [-0.15, -0.1) is 6.58 Å². The van der Waals surface area contributed by atoms with Gasteiger partial charge >= 0.3 is 0 Å². The summed E-state index contributed by atoms with van der Waals surface area (Å²) in [7, 11) is 0. The van der Waals surface area contributed by atoms with Crippen molar-refractivity contribution in [3.8, 4) is 11.5 Å². The lowest BCUT2D eigenvalue weighted by molar-refractivity contribution is 0.376. The number of aromatic hydroxyl groups is 2. The first-order chi connectivity index (χ1) is 8.61. The average molecular weight is 264 g/mol. The van der Waals surface area contributed by atoms with Crippen LogP contribution in [-0.4, -0.2) is 33.3 Å². The van der Waals surface area contributed by atoms with Crippen molar-refractivity contribution in [2.24, 2.45) is 0 Å². The van der Waals surface area contributed by atoms with Crippen LogP contribution in [0.1, 0.15) is 11.1 Å². The fourth-order valence-electron chi connectivity index (χ4n) is 2.03. The highest BCUT2D eigenvalue weighted by Gasteiger charge is 2.19. The Hall–Kier alpha value is -1.75. The van der Waals surface area contributed by atoms with Gasteiger partial charge in [0.2, 0.25) is 0 Å². The number of phenolic OH excluding ortho intramolecular Hbond substituents is 2. The molecule has 1 aromatic rings. The second-order valence-electron chi connectivity index (χ2n) is 4.26. The van der Waals surface area contributed by atoms with Gasteiger partial charge in [0, 0.05) is 19.6 Å². The van der Waals surface area contributed by atoms with Crippen LogP contribution in [0.3, 0.4) is 0 Å². The largest absolute Gasteiger partial charge is 0.504 e. The summed E-state index contributed by atoms with van der Waals surface area (Å²) in [5.74, 6) is -0.143. The highest BCUT2D eigenvalue weighted by Crippen LogP contribution is 2.31. The molecular weight excluding hydrogens is 248 g/mol. The minimum absolute atomic E-state index is 0.0606. The number of nitrogens with one attached hydrogen (secondary N) is 1. The third-order valence-corrected chi connectivity index (χ3v) is 3.40. The topological polar surface area (TPSA) is 55.7 Å². The first kappa shape index (κ1) is 12.7. The molecule has 0 bridgehead atoms. The summed E-state index contributed by atoms with van der Waals surface area (Å²) < 4.78 is 0. The van der Waals surface area contributed by atoms with Crippen LogP contribution in [0, 0.1) is 0 Å². The molecule has 0 aromatic heterocycles. The molecule has 0 unspecified atom stereocenters. The van der Waals surface area contributed by atoms with Crippen molar-refractivity contribution < 1.29 is 10.2 Å². The van der Waals surface area contributed by atoms with Gasteiger partial charge in [0.1, 0.15) is 0 Å². The average Bonchev–Trinajstić information content (AvgIpc) is 2.36. The van der Waals surface area contributed by atoms with Crippen LogP contribution in [0.2, 0.25) is 0 Å². The van der Waals surface area contributed by atoms with Crippen LogP contribution in [-0.2, 0) is 13.0 Å². The number of benzene rings is 1. The van der Waals surface area contributed by atoms with Crippen molar-refractivity contribution in [1.29, 1.82) is 0 Å². The number of hydrogen-bond donors (Lipinski definition) is 3. The first-order valence-electron chi connectivity index (χ1n) is 5.79. The van der Waals surface area contributed by atoms with E-state index in [1.54, 1.807) is 18.2 Å². The lowest BCUT2D eigenvalue weighted by atomic mass is 9.99. The molecule has 18 heavy (non-hydrogen) atoms. The standard InChI is InChI=1S/C13H16N2O2S/c1-2-4-14-13(18)15-5-3-9-6-11(16)12(17)7-10(9)8-15/h2,6-7,16-17H,1,3-5,8H2,(H,14,18). The molecule has 0 saturated carbocycles. The number of rotatable bonds is 2. The van der Waals surface area contributed by atoms with E-state index >= 15 is 0 Å². The van der Waals surface area contributed by atoms with E-state index in [4.69, 9.17) is 12.2 Å². The Morgan fingerprint density at radius 3 is 2.72 bits per heavy atom. The summed E-state index contributed by atoms with van der Waals surface area (Å²) in [6.07, 6.45) is 2.56. The van der Waals surface area contributed by atoms with E-state index in [2.05, 4.69) is 11.9 Å². The molecule has 96 valence electrons. The van der Waals surface area contributed by atoms with Crippen molar-refractivity contribution >= 4 is 17.3 Å². The van der Waals surface area contributed by atoms with E-state index in [9.17, 15) is 10.2 Å². The Kier molecular flexibility index (Phi) is 3.72. The zero-order chi connectivity index (χ0) is 13.1. The molecule has 3 N–H and O–H groups in total. The van der Waals surface area contributed by atoms with Crippen molar-refractivity contribution in [2.45, 2.75) is 13.0 Å². The third kappa shape index (κ3) is 2.56. The smallest absolute Gasteiger partial charge is 0.169 e. The van der Waals surface area contributed by atoms with Crippen LogP contribution < -0.4 is 5.32 Å². The molecule has 1 aliphatic rings. The Labute approximate surface area is 112 Å². The fourth-order valence-corrected chi connectivity index (χ4v) is 2.27. The highest BCUT2D eigenvalue weighted by molar-refractivity contribution is 7.80. The Morgan fingerprint density at radius 1 is 1.39 bits per heavy atom. The summed E-state index contributed by atoms with van der Waals surface area (Å²) in [5, 5.41) is 22.7. The fraction of sp³-hybridized carbons (Fsp3) is 0.308. The van der Waals surface area contributed by atoms with Crippen LogP contribution >= 0.6 is 12.2 Å². The van der Waals surface area contributed by atoms with E-state index in [1.807, 2.05) is 4.90 Å². The van der Waals surface area contributed by atoms with Crippen LogP contribution in [0.4, 0.5) is 0 Å². The first-order valence-corrected chi connectivity index (χ1v) is 6.20. The normalized spacial score (nSPS) is 13.9. The molecule has 5 heteroatoms. The summed E-state index contributed by atoms with van der Waals surface area (Å²) >= 11 is 5.28. The summed E-state index contributed by atoms with van der Waals surface area (Å²) in [6, 6.07) is 3.23. The number of hydrogen-bond acceptors (Lipinski definition) is 3. The molecule has 0 radical (unpaired) electrons. The van der Waals surface area contributed by atoms with Crippen LogP contribution in [0.15, 0.2) is 24.8 Å². The summed E-state index contributed by atoms with van der Waals surface area (Å²) in [5.41, 5.74) is 2.06. The van der Waals surface area contributed by atoms with Gasteiger partial charge in [-0.3, -0.25) is 0 Å². The second kappa shape index (κ2) is 5.27. The van der Waals surface area contributed by atoms with Crippen molar-refractivity contribution in [3.05, 3.63) is 35.9 Å². The van der Waals surface area contributed by atoms with Gasteiger partial charge in [0.15, 0.2) is 16.6 Å². The lowest BCUT2D eigenvalue weighted by Crippen LogP contribution is -2.42. The molecule has 4 nitrogen and oxygen atoms in total. The number of phenols is 2. The molecule has 1 aromatic carbocycles. The zero-order valence-corrected chi connectivity index (χ0v) is 10.8. The van der Waals surface area contributed by atoms with Gasteiger partial charge in [0.05, 0.1) is 0 Å². The van der Waals surface area contributed by atoms with E-state index in [1.165, 1.54) is 0 Å². The highest BCUT2D eigenvalue weighted by atomic mass is 32.1. The zero-order valence-electron chi connectivity index (χ0n) is 10.0. The molecular formula is C13H16N2O2S. The van der Waals surface area contributed by atoms with Gasteiger partial charge in [0.25, 0.3) is 0 Å². The maximum atomic E-state index is 9.51. The predicted octanol–water partition coefficient (Wildman–Crippen LogP) is 1.52. The van der Waals surface area contributed by atoms with Crippen molar-refractivity contribution in [2.75, 3.05) is 13.1 Å². The summed E-state index contributed by atoms with van der Waals surface area (Å²) in [6.45, 7) is 5.73. The van der Waals surface area contributed by atoms with Gasteiger partial charge < -0.3 is 20.4 Å². The third-order valence-electron chi connectivity index (χ3n) is 2.99. The molecule has 0 amide bonds. The molecule has 0 atom stereocenters. The van der Waals surface area contributed by atoms with Gasteiger partial charge in [-0.1, -0.05) is 6.08 Å². The Bertz CT molecular complexity index is 488. The maximum Gasteiger partial charge on any atom is 0.169 e. The van der Waals surface area contributed by atoms with E-state index in [0.717, 1.165) is 24.1 Å². The molecule has 0 fully saturated rings. The Morgan fingerprint density at radius 2 is 2.06 bits per heavy atom. The minimum atomic E-state index is -0.0828. The predicted molar refractivity (Wildman–Crippen MR) is 74.7 cm³/mol. The van der Waals surface area contributed by atoms with E-state index in [-0.39, 0.29) is 11.5 Å². The lowest BCUT2D eigenvalue weighted by Gasteiger charge is -2.31. The van der Waals surface area contributed by atoms with Crippen LogP contribution in [0.25, 0.3) is 0 Å². The monoisotopic (exact) mass is 264 g/mol. The number of fused-ring (bicyclic) bond motifs is 1. The molecule has 0 spiro atoms. The molecule has 0 saturated heterocycles. The molecule has 2 rings (SSSR count). The number of thiocarbonyl (C=S) groups is 1. The Balaban J connectivity index is 2.12.